The van der Waals surface area contributed by atoms with Crippen molar-refractivity contribution in [1.82, 2.24) is 9.55 Å². The molecule has 0 unspecified atom stereocenters. The average molecular weight is 287 g/mol. The molecule has 21 heavy (non-hydrogen) atoms. The Bertz CT molecular complexity index is 708. The summed E-state index contributed by atoms with van der Waals surface area (Å²) < 4.78 is 1.55. The number of aromatic nitrogens is 2. The zero-order valence-corrected chi connectivity index (χ0v) is 12.3. The molecule has 3 rings (SSSR count). The second-order valence-electron chi connectivity index (χ2n) is 5.98. The number of aromatic amines is 1. The van der Waals surface area contributed by atoms with Gasteiger partial charge in [0, 0.05) is 19.2 Å². The highest BCUT2D eigenvalue weighted by Crippen LogP contribution is 2.26. The van der Waals surface area contributed by atoms with E-state index in [-0.39, 0.29) is 11.6 Å². The van der Waals surface area contributed by atoms with Crippen molar-refractivity contribution >= 4 is 22.6 Å². The molecule has 2 N–H and O–H groups in total. The molecule has 1 aromatic heterocycles. The normalized spacial score (nSPS) is 16.2. The van der Waals surface area contributed by atoms with Gasteiger partial charge in [-0.3, -0.25) is 9.36 Å². The molecular formula is C16H21N3O2. The summed E-state index contributed by atoms with van der Waals surface area (Å²) in [6.07, 6.45) is 6.72. The van der Waals surface area contributed by atoms with Crippen LogP contribution in [0.1, 0.15) is 38.5 Å². The van der Waals surface area contributed by atoms with E-state index in [0.717, 1.165) is 16.7 Å². The molecule has 2 aromatic rings. The number of aryl methyl sites for hydroxylation is 1. The molecule has 0 atom stereocenters. The second-order valence-corrected chi connectivity index (χ2v) is 5.98. The van der Waals surface area contributed by atoms with Crippen LogP contribution in [-0.4, -0.2) is 15.5 Å². The zero-order chi connectivity index (χ0) is 14.8. The topological polar surface area (TPSA) is 66.9 Å². The first-order valence-electron chi connectivity index (χ1n) is 7.62. The number of H-pyrrole nitrogens is 1. The van der Waals surface area contributed by atoms with Crippen molar-refractivity contribution in [2.75, 3.05) is 5.32 Å². The van der Waals surface area contributed by atoms with E-state index < -0.39 is 0 Å². The third-order valence-electron chi connectivity index (χ3n) is 4.39. The van der Waals surface area contributed by atoms with Gasteiger partial charge in [-0.05, 0) is 37.0 Å². The van der Waals surface area contributed by atoms with E-state index in [1.165, 1.54) is 32.1 Å². The van der Waals surface area contributed by atoms with Gasteiger partial charge >= 0.3 is 5.69 Å². The molecule has 1 aliphatic rings. The predicted octanol–water partition coefficient (Wildman–Crippen LogP) is 2.78. The van der Waals surface area contributed by atoms with Crippen LogP contribution in [0, 0.1) is 5.92 Å². The number of hydrogen-bond donors (Lipinski definition) is 2. The lowest BCUT2D eigenvalue weighted by Gasteiger charge is -2.20. The van der Waals surface area contributed by atoms with Crippen LogP contribution in [0.3, 0.4) is 0 Å². The van der Waals surface area contributed by atoms with E-state index >= 15 is 0 Å². The highest BCUT2D eigenvalue weighted by atomic mass is 16.2. The molecule has 1 amide bonds. The lowest BCUT2D eigenvalue weighted by Crippen LogP contribution is -2.18. The number of carbonyl (C=O) groups excluding carboxylic acids is 1. The maximum atomic E-state index is 12.1. The fourth-order valence-corrected chi connectivity index (χ4v) is 3.17. The van der Waals surface area contributed by atoms with Gasteiger partial charge in [-0.2, -0.15) is 0 Å². The van der Waals surface area contributed by atoms with Crippen LogP contribution in [-0.2, 0) is 11.8 Å². The summed E-state index contributed by atoms with van der Waals surface area (Å²) in [4.78, 5) is 26.4. The van der Waals surface area contributed by atoms with Crippen molar-refractivity contribution in [2.45, 2.75) is 38.5 Å². The van der Waals surface area contributed by atoms with Crippen molar-refractivity contribution < 1.29 is 4.79 Å². The van der Waals surface area contributed by atoms with Crippen LogP contribution < -0.4 is 11.0 Å². The molecule has 1 aliphatic carbocycles. The SMILES string of the molecule is Cn1c(=O)[nH]c2ccc(NC(=O)CC3CCCCC3)cc21. The van der Waals surface area contributed by atoms with Gasteiger partial charge in [0.1, 0.15) is 0 Å². The summed E-state index contributed by atoms with van der Waals surface area (Å²) >= 11 is 0. The van der Waals surface area contributed by atoms with Gasteiger partial charge in [-0.1, -0.05) is 19.3 Å². The molecule has 1 fully saturated rings. The van der Waals surface area contributed by atoms with Crippen LogP contribution in [0.5, 0.6) is 0 Å². The lowest BCUT2D eigenvalue weighted by atomic mass is 9.87. The smallest absolute Gasteiger partial charge is 0.326 e. The number of fused-ring (bicyclic) bond motifs is 1. The zero-order valence-electron chi connectivity index (χ0n) is 12.3. The van der Waals surface area contributed by atoms with Crippen LogP contribution in [0.25, 0.3) is 11.0 Å². The number of benzene rings is 1. The largest absolute Gasteiger partial charge is 0.326 e. The van der Waals surface area contributed by atoms with Gasteiger partial charge in [0.25, 0.3) is 0 Å². The van der Waals surface area contributed by atoms with E-state index in [4.69, 9.17) is 0 Å². The Hall–Kier alpha value is -2.04. The Morgan fingerprint density at radius 1 is 1.33 bits per heavy atom. The highest BCUT2D eigenvalue weighted by molar-refractivity contribution is 5.93. The molecule has 1 saturated carbocycles. The Balaban J connectivity index is 1.70. The van der Waals surface area contributed by atoms with Gasteiger partial charge in [0.15, 0.2) is 0 Å². The number of anilines is 1. The number of hydrogen-bond acceptors (Lipinski definition) is 2. The Morgan fingerprint density at radius 2 is 2.10 bits per heavy atom. The number of nitrogens with one attached hydrogen (secondary N) is 2. The van der Waals surface area contributed by atoms with Crippen molar-refractivity contribution in [3.63, 3.8) is 0 Å². The van der Waals surface area contributed by atoms with E-state index in [0.29, 0.717) is 12.3 Å². The average Bonchev–Trinajstić information content (AvgIpc) is 2.75. The third kappa shape index (κ3) is 3.01. The summed E-state index contributed by atoms with van der Waals surface area (Å²) in [5.41, 5.74) is 2.19. The fourth-order valence-electron chi connectivity index (χ4n) is 3.17. The quantitative estimate of drug-likeness (QED) is 0.911. The summed E-state index contributed by atoms with van der Waals surface area (Å²) in [5, 5.41) is 2.95. The van der Waals surface area contributed by atoms with Gasteiger partial charge in [0.2, 0.25) is 5.91 Å². The predicted molar refractivity (Wildman–Crippen MR) is 83.4 cm³/mol. The molecule has 1 heterocycles. The third-order valence-corrected chi connectivity index (χ3v) is 4.39. The summed E-state index contributed by atoms with van der Waals surface area (Å²) in [6.45, 7) is 0. The van der Waals surface area contributed by atoms with Gasteiger partial charge in [0.05, 0.1) is 11.0 Å². The lowest BCUT2D eigenvalue weighted by molar-refractivity contribution is -0.117. The maximum absolute atomic E-state index is 12.1. The molecule has 5 nitrogen and oxygen atoms in total. The standard InChI is InChI=1S/C16H21N3O2/c1-19-14-10-12(7-8-13(14)18-16(19)21)17-15(20)9-11-5-3-2-4-6-11/h7-8,10-11H,2-6,9H2,1H3,(H,17,20)(H,18,21). The molecule has 0 spiro atoms. The molecule has 0 aliphatic heterocycles. The first-order valence-corrected chi connectivity index (χ1v) is 7.62. The Kier molecular flexibility index (Phi) is 3.82. The number of carbonyl (C=O) groups is 1. The molecule has 1 aromatic carbocycles. The van der Waals surface area contributed by atoms with Crippen molar-refractivity contribution in [1.29, 1.82) is 0 Å². The van der Waals surface area contributed by atoms with Gasteiger partial charge in [-0.25, -0.2) is 4.79 Å². The van der Waals surface area contributed by atoms with E-state index in [1.807, 2.05) is 18.2 Å². The Labute approximate surface area is 123 Å². The van der Waals surface area contributed by atoms with Crippen molar-refractivity contribution in [2.24, 2.45) is 13.0 Å². The molecule has 5 heteroatoms. The van der Waals surface area contributed by atoms with Crippen molar-refractivity contribution in [3.8, 4) is 0 Å². The minimum Gasteiger partial charge on any atom is -0.326 e. The van der Waals surface area contributed by atoms with E-state index in [9.17, 15) is 9.59 Å². The molecule has 0 bridgehead atoms. The molecule has 112 valence electrons. The van der Waals surface area contributed by atoms with Gasteiger partial charge < -0.3 is 10.3 Å². The Morgan fingerprint density at radius 3 is 2.86 bits per heavy atom. The summed E-state index contributed by atoms with van der Waals surface area (Å²) in [6, 6.07) is 5.50. The first-order chi connectivity index (χ1) is 10.1. The first kappa shape index (κ1) is 13.9. The number of imidazole rings is 1. The van der Waals surface area contributed by atoms with Crippen LogP contribution in [0.15, 0.2) is 23.0 Å². The molecule has 0 radical (unpaired) electrons. The minimum atomic E-state index is -0.143. The second kappa shape index (κ2) is 5.76. The summed E-state index contributed by atoms with van der Waals surface area (Å²) in [5.74, 6) is 0.598. The van der Waals surface area contributed by atoms with Crippen LogP contribution >= 0.6 is 0 Å². The van der Waals surface area contributed by atoms with Gasteiger partial charge in [-0.15, -0.1) is 0 Å². The summed E-state index contributed by atoms with van der Waals surface area (Å²) in [7, 11) is 1.72. The fraction of sp³-hybridized carbons (Fsp3) is 0.500. The van der Waals surface area contributed by atoms with Crippen molar-refractivity contribution in [3.05, 3.63) is 28.7 Å². The molecule has 0 saturated heterocycles. The maximum Gasteiger partial charge on any atom is 0.326 e. The number of amides is 1. The van der Waals surface area contributed by atoms with Crippen LogP contribution in [0.2, 0.25) is 0 Å². The highest BCUT2D eigenvalue weighted by Gasteiger charge is 2.17. The van der Waals surface area contributed by atoms with E-state index in [1.54, 1.807) is 11.6 Å². The number of nitrogens with zero attached hydrogens (tertiary/aromatic N) is 1. The van der Waals surface area contributed by atoms with Crippen LogP contribution in [0.4, 0.5) is 5.69 Å². The van der Waals surface area contributed by atoms with E-state index in [2.05, 4.69) is 10.3 Å². The molecular weight excluding hydrogens is 266 g/mol. The number of rotatable bonds is 3. The minimum absolute atomic E-state index is 0.0711. The monoisotopic (exact) mass is 287 g/mol.